The third-order valence-electron chi connectivity index (χ3n) is 3.46. The van der Waals surface area contributed by atoms with Crippen molar-refractivity contribution in [3.63, 3.8) is 0 Å². The van der Waals surface area contributed by atoms with Gasteiger partial charge < -0.3 is 10.1 Å². The maximum atomic E-state index is 12.0. The number of fused-ring (bicyclic) bond motifs is 1. The zero-order chi connectivity index (χ0) is 13.4. The first-order chi connectivity index (χ1) is 9.17. The first-order valence-corrected chi connectivity index (χ1v) is 7.81. The number of aromatic nitrogens is 2. The van der Waals surface area contributed by atoms with Crippen molar-refractivity contribution in [2.24, 2.45) is 0 Å². The highest BCUT2D eigenvalue weighted by Gasteiger charge is 2.24. The number of hydrogen-bond donors (Lipinski definition) is 2. The molecular weight excluding hydrogens is 330 g/mol. The predicted octanol–water partition coefficient (Wildman–Crippen LogP) is 1.70. The number of aliphatic hydroxyl groups is 1. The van der Waals surface area contributed by atoms with Gasteiger partial charge in [-0.05, 0) is 41.4 Å². The molecule has 1 aliphatic rings. The van der Waals surface area contributed by atoms with Crippen LogP contribution in [-0.4, -0.2) is 39.2 Å². The van der Waals surface area contributed by atoms with E-state index in [0.29, 0.717) is 17.1 Å². The van der Waals surface area contributed by atoms with Gasteiger partial charge in [-0.3, -0.25) is 9.69 Å². The van der Waals surface area contributed by atoms with Crippen LogP contribution in [0.3, 0.4) is 0 Å². The molecule has 1 atom stereocenters. The lowest BCUT2D eigenvalue weighted by molar-refractivity contribution is 0.151. The molecule has 0 unspecified atom stereocenters. The summed E-state index contributed by atoms with van der Waals surface area (Å²) < 4.78 is 1.56. The fourth-order valence-electron chi connectivity index (χ4n) is 2.54. The van der Waals surface area contributed by atoms with Crippen molar-refractivity contribution in [1.29, 1.82) is 0 Å². The van der Waals surface area contributed by atoms with Crippen LogP contribution in [0.25, 0.3) is 10.2 Å². The molecular formula is C12H14BrN3O2S. The topological polar surface area (TPSA) is 69.2 Å². The number of aliphatic hydroxyl groups excluding tert-OH is 1. The molecule has 3 rings (SSSR count). The van der Waals surface area contributed by atoms with Crippen LogP contribution >= 0.6 is 27.3 Å². The Morgan fingerprint density at radius 1 is 1.63 bits per heavy atom. The van der Waals surface area contributed by atoms with E-state index >= 15 is 0 Å². The minimum atomic E-state index is -0.0876. The maximum absolute atomic E-state index is 12.0. The van der Waals surface area contributed by atoms with Crippen molar-refractivity contribution in [2.75, 3.05) is 13.2 Å². The van der Waals surface area contributed by atoms with Crippen molar-refractivity contribution in [3.8, 4) is 0 Å². The lowest BCUT2D eigenvalue weighted by Crippen LogP contribution is -2.32. The highest BCUT2D eigenvalue weighted by atomic mass is 79.9. The summed E-state index contributed by atoms with van der Waals surface area (Å²) >= 11 is 4.77. The van der Waals surface area contributed by atoms with Gasteiger partial charge in [0, 0.05) is 6.04 Å². The summed E-state index contributed by atoms with van der Waals surface area (Å²) in [7, 11) is 0. The van der Waals surface area contributed by atoms with Crippen LogP contribution in [0.4, 0.5) is 0 Å². The maximum Gasteiger partial charge on any atom is 0.268 e. The summed E-state index contributed by atoms with van der Waals surface area (Å²) in [4.78, 5) is 21.5. The van der Waals surface area contributed by atoms with E-state index < -0.39 is 0 Å². The number of rotatable bonds is 3. The Balaban J connectivity index is 1.91. The summed E-state index contributed by atoms with van der Waals surface area (Å²) in [5.74, 6) is 0.670. The van der Waals surface area contributed by atoms with Gasteiger partial charge in [-0.25, -0.2) is 4.98 Å². The average Bonchev–Trinajstić information content (AvgIpc) is 2.95. The number of aromatic amines is 1. The fraction of sp³-hybridized carbons (Fsp3) is 0.500. The first-order valence-electron chi connectivity index (χ1n) is 6.20. The molecule has 0 aromatic carbocycles. The molecule has 0 spiro atoms. The summed E-state index contributed by atoms with van der Waals surface area (Å²) in [6.07, 6.45) is 2.09. The van der Waals surface area contributed by atoms with E-state index in [1.807, 2.05) is 6.07 Å². The molecule has 102 valence electrons. The second-order valence-electron chi connectivity index (χ2n) is 4.73. The Labute approximate surface area is 122 Å². The van der Waals surface area contributed by atoms with E-state index in [9.17, 15) is 9.90 Å². The molecule has 0 aliphatic carbocycles. The lowest BCUT2D eigenvalue weighted by Gasteiger charge is -2.21. The van der Waals surface area contributed by atoms with Crippen molar-refractivity contribution in [3.05, 3.63) is 26.0 Å². The Bertz CT molecular complexity index is 654. The van der Waals surface area contributed by atoms with Crippen LogP contribution < -0.4 is 5.56 Å². The summed E-state index contributed by atoms with van der Waals surface area (Å²) in [6, 6.07) is 2.06. The minimum Gasteiger partial charge on any atom is -0.395 e. The Morgan fingerprint density at radius 2 is 2.47 bits per heavy atom. The van der Waals surface area contributed by atoms with Gasteiger partial charge in [-0.1, -0.05) is 0 Å². The quantitative estimate of drug-likeness (QED) is 0.889. The van der Waals surface area contributed by atoms with Crippen LogP contribution in [-0.2, 0) is 6.54 Å². The molecule has 7 heteroatoms. The Hall–Kier alpha value is -0.760. The minimum absolute atomic E-state index is 0.0876. The molecule has 1 fully saturated rings. The zero-order valence-electron chi connectivity index (χ0n) is 10.2. The number of H-pyrrole nitrogens is 1. The molecule has 1 saturated heterocycles. The summed E-state index contributed by atoms with van der Waals surface area (Å²) in [6.45, 7) is 1.70. The average molecular weight is 344 g/mol. The number of nitrogens with one attached hydrogen (secondary N) is 1. The molecule has 0 amide bonds. The fourth-order valence-corrected chi connectivity index (χ4v) is 3.96. The van der Waals surface area contributed by atoms with Crippen molar-refractivity contribution in [2.45, 2.75) is 25.4 Å². The number of likely N-dealkylation sites (tertiary alicyclic amines) is 1. The third kappa shape index (κ3) is 2.60. The van der Waals surface area contributed by atoms with Crippen LogP contribution in [0.15, 0.2) is 14.6 Å². The van der Waals surface area contributed by atoms with E-state index in [1.165, 1.54) is 11.3 Å². The number of hydrogen-bond acceptors (Lipinski definition) is 5. The Morgan fingerprint density at radius 3 is 3.26 bits per heavy atom. The van der Waals surface area contributed by atoms with Crippen LogP contribution in [0.5, 0.6) is 0 Å². The lowest BCUT2D eigenvalue weighted by atomic mass is 10.2. The zero-order valence-corrected chi connectivity index (χ0v) is 12.6. The molecule has 1 aliphatic heterocycles. The molecule has 0 saturated carbocycles. The number of thiophene rings is 1. The monoisotopic (exact) mass is 343 g/mol. The largest absolute Gasteiger partial charge is 0.395 e. The van der Waals surface area contributed by atoms with Crippen molar-refractivity contribution in [1.82, 2.24) is 14.9 Å². The van der Waals surface area contributed by atoms with Gasteiger partial charge in [0.1, 0.15) is 10.5 Å². The SMILES string of the molecule is O=c1[nH]c(CN2CCC[C@@H]2CO)nc2cc(Br)sc12. The Kier molecular flexibility index (Phi) is 3.70. The number of nitrogens with zero attached hydrogens (tertiary/aromatic N) is 2. The highest BCUT2D eigenvalue weighted by molar-refractivity contribution is 9.11. The molecule has 2 aromatic heterocycles. The normalized spacial score (nSPS) is 20.4. The molecule has 5 nitrogen and oxygen atoms in total. The molecule has 0 bridgehead atoms. The van der Waals surface area contributed by atoms with Gasteiger partial charge >= 0.3 is 0 Å². The van der Waals surface area contributed by atoms with Crippen LogP contribution in [0.2, 0.25) is 0 Å². The van der Waals surface area contributed by atoms with Gasteiger partial charge in [0.2, 0.25) is 0 Å². The highest BCUT2D eigenvalue weighted by Crippen LogP contribution is 2.26. The van der Waals surface area contributed by atoms with E-state index in [-0.39, 0.29) is 18.2 Å². The van der Waals surface area contributed by atoms with Gasteiger partial charge in [-0.2, -0.15) is 0 Å². The van der Waals surface area contributed by atoms with Crippen molar-refractivity contribution < 1.29 is 5.11 Å². The van der Waals surface area contributed by atoms with E-state index in [0.717, 1.165) is 28.7 Å². The predicted molar refractivity (Wildman–Crippen MR) is 78.5 cm³/mol. The first kappa shape index (κ1) is 13.2. The van der Waals surface area contributed by atoms with Gasteiger partial charge in [0.05, 0.1) is 22.5 Å². The second kappa shape index (κ2) is 5.32. The summed E-state index contributed by atoms with van der Waals surface area (Å²) in [5.41, 5.74) is 0.644. The molecule has 3 heterocycles. The van der Waals surface area contributed by atoms with E-state index in [1.54, 1.807) is 0 Å². The van der Waals surface area contributed by atoms with Gasteiger partial charge in [0.15, 0.2) is 0 Å². The molecule has 0 radical (unpaired) electrons. The standard InChI is InChI=1S/C12H14BrN3O2S/c13-9-4-8-11(19-9)12(18)15-10(14-8)5-16-3-1-2-7(16)6-17/h4,7,17H,1-3,5-6H2,(H,14,15,18)/t7-/m1/s1. The van der Waals surface area contributed by atoms with Crippen molar-refractivity contribution >= 4 is 37.5 Å². The second-order valence-corrected chi connectivity index (χ2v) is 7.16. The number of halogens is 1. The van der Waals surface area contributed by atoms with E-state index in [4.69, 9.17) is 0 Å². The smallest absolute Gasteiger partial charge is 0.268 e. The van der Waals surface area contributed by atoms with Gasteiger partial charge in [-0.15, -0.1) is 11.3 Å². The van der Waals surface area contributed by atoms with Crippen LogP contribution in [0.1, 0.15) is 18.7 Å². The molecule has 2 aromatic rings. The molecule has 2 N–H and O–H groups in total. The molecule has 19 heavy (non-hydrogen) atoms. The third-order valence-corrected chi connectivity index (χ3v) is 5.09. The van der Waals surface area contributed by atoms with Gasteiger partial charge in [0.25, 0.3) is 5.56 Å². The summed E-state index contributed by atoms with van der Waals surface area (Å²) in [5, 5.41) is 9.31. The van der Waals surface area contributed by atoms with Crippen LogP contribution in [0, 0.1) is 0 Å². The van der Waals surface area contributed by atoms with E-state index in [2.05, 4.69) is 30.8 Å².